The molecule has 13 heteroatoms. The lowest BCUT2D eigenvalue weighted by Crippen LogP contribution is -2.45. The first-order chi connectivity index (χ1) is 21.1. The van der Waals surface area contributed by atoms with Gasteiger partial charge in [-0.25, -0.2) is 9.37 Å². The van der Waals surface area contributed by atoms with Crippen LogP contribution in [0, 0.1) is 12.7 Å². The molecule has 4 aromatic rings. The van der Waals surface area contributed by atoms with Crippen molar-refractivity contribution < 1.29 is 31.4 Å². The largest absolute Gasteiger partial charge is 0.373 e. The number of piperidine rings is 1. The van der Waals surface area contributed by atoms with Crippen LogP contribution in [0.3, 0.4) is 0 Å². The van der Waals surface area contributed by atoms with Gasteiger partial charge in [-0.2, -0.15) is 8.42 Å². The Morgan fingerprint density at radius 3 is 2.64 bits per heavy atom. The molecule has 2 aromatic carbocycles. The summed E-state index contributed by atoms with van der Waals surface area (Å²) >= 11 is 1.35. The fourth-order valence-electron chi connectivity index (χ4n) is 6.57. The van der Waals surface area contributed by atoms with Gasteiger partial charge in [0.05, 0.1) is 23.2 Å². The number of hydrogen-bond donors (Lipinski definition) is 2. The first kappa shape index (κ1) is 29.3. The second-order valence-electron chi connectivity index (χ2n) is 12.0. The van der Waals surface area contributed by atoms with Crippen LogP contribution in [-0.4, -0.2) is 59.5 Å². The summed E-state index contributed by atoms with van der Waals surface area (Å²) in [7, 11) is -4.21. The summed E-state index contributed by atoms with van der Waals surface area (Å²) in [5, 5.41) is 7.61. The number of carbonyl (C=O) groups is 1. The molecular weight excluding hydrogens is 607 g/mol. The minimum Gasteiger partial charge on any atom is -0.373 e. The summed E-state index contributed by atoms with van der Waals surface area (Å²) in [5.74, 6) is -0.484. The molecular formula is C31H33FN4O6S2. The van der Waals surface area contributed by atoms with Crippen LogP contribution in [0.15, 0.2) is 40.9 Å². The quantitative estimate of drug-likeness (QED) is 0.212. The minimum atomic E-state index is -4.21. The zero-order valence-electron chi connectivity index (χ0n) is 24.2. The van der Waals surface area contributed by atoms with Gasteiger partial charge in [-0.3, -0.25) is 9.35 Å². The van der Waals surface area contributed by atoms with Crippen molar-refractivity contribution in [3.05, 3.63) is 64.7 Å². The van der Waals surface area contributed by atoms with Crippen molar-refractivity contribution in [2.24, 2.45) is 0 Å². The van der Waals surface area contributed by atoms with Crippen LogP contribution >= 0.6 is 11.3 Å². The number of aryl methyl sites for hydroxylation is 1. The van der Waals surface area contributed by atoms with Gasteiger partial charge in [-0.15, -0.1) is 0 Å². The third kappa shape index (κ3) is 5.85. The van der Waals surface area contributed by atoms with Gasteiger partial charge < -0.3 is 19.5 Å². The van der Waals surface area contributed by atoms with Gasteiger partial charge in [0.15, 0.2) is 10.9 Å². The van der Waals surface area contributed by atoms with E-state index in [1.807, 2.05) is 12.1 Å². The van der Waals surface area contributed by atoms with E-state index in [1.165, 1.54) is 11.3 Å². The van der Waals surface area contributed by atoms with E-state index in [0.717, 1.165) is 77.9 Å². The predicted octanol–water partition coefficient (Wildman–Crippen LogP) is 5.61. The maximum Gasteiger partial charge on any atom is 0.266 e. The number of carbonyl (C=O) groups excluding carboxylic acids is 1. The molecule has 2 saturated heterocycles. The zero-order chi connectivity index (χ0) is 30.6. The van der Waals surface area contributed by atoms with Crippen LogP contribution in [0.2, 0.25) is 0 Å². The van der Waals surface area contributed by atoms with Gasteiger partial charge in [0.1, 0.15) is 17.0 Å². The maximum absolute atomic E-state index is 15.1. The molecule has 1 aliphatic carbocycles. The molecule has 1 amide bonds. The van der Waals surface area contributed by atoms with Crippen LogP contribution < -0.4 is 10.2 Å². The van der Waals surface area contributed by atoms with Crippen molar-refractivity contribution in [1.29, 1.82) is 0 Å². The van der Waals surface area contributed by atoms with E-state index in [-0.39, 0.29) is 35.8 Å². The molecule has 2 aromatic heterocycles. The average Bonchev–Trinajstić information content (AvgIpc) is 3.49. The Labute approximate surface area is 258 Å². The number of nitrogens with zero attached hydrogens (tertiary/aromatic N) is 3. The minimum absolute atomic E-state index is 0.0690. The number of halogens is 1. The third-order valence-corrected chi connectivity index (χ3v) is 10.6. The standard InChI is InChI=1S/C31H33FN4O6S2/c1-17-4-2-3-5-23(17)27-24(29(42-35-27)18-6-7-18)16-41-22-14-20-8-9-21(15-22)36(20)31-34-28-25(32)12-19(13-26(28)43-31)30(37)33-10-11-44(38,39)40/h2-5,12-13,18,20-22H,6-11,14-16H2,1H3,(H,33,37)(H,38,39,40)/t20-,21?,22?/m0/s1. The molecule has 1 saturated carbocycles. The van der Waals surface area contributed by atoms with Crippen molar-refractivity contribution in [3.63, 3.8) is 0 Å². The molecule has 0 spiro atoms. The topological polar surface area (TPSA) is 135 Å². The number of rotatable bonds is 10. The SMILES string of the molecule is Cc1ccccc1-c1noc(C2CC2)c1COC1CC2CC[C@@H](C1)N2c1nc2c(F)cc(C(=O)NCCS(=O)(=O)O)cc2s1. The van der Waals surface area contributed by atoms with E-state index in [2.05, 4.69) is 39.4 Å². The third-order valence-electron chi connectivity index (χ3n) is 8.89. The highest BCUT2D eigenvalue weighted by Gasteiger charge is 2.43. The molecule has 3 aliphatic rings. The molecule has 2 bridgehead atoms. The number of fused-ring (bicyclic) bond motifs is 3. The number of nitrogens with one attached hydrogen (secondary N) is 1. The van der Waals surface area contributed by atoms with Crippen LogP contribution in [0.25, 0.3) is 21.5 Å². The van der Waals surface area contributed by atoms with E-state index in [1.54, 1.807) is 6.07 Å². The van der Waals surface area contributed by atoms with Gasteiger partial charge in [0.25, 0.3) is 16.0 Å². The highest BCUT2D eigenvalue weighted by Crippen LogP contribution is 2.46. The molecule has 0 radical (unpaired) electrons. The second-order valence-corrected chi connectivity index (χ2v) is 14.6. The Hall–Kier alpha value is -3.39. The lowest BCUT2D eigenvalue weighted by atomic mass is 9.99. The summed E-state index contributed by atoms with van der Waals surface area (Å²) in [5.41, 5.74) is 4.41. The van der Waals surface area contributed by atoms with Gasteiger partial charge in [0.2, 0.25) is 0 Å². The molecule has 3 atom stereocenters. The number of ether oxygens (including phenoxy) is 1. The summed E-state index contributed by atoms with van der Waals surface area (Å²) in [6.07, 6.45) is 5.96. The first-order valence-electron chi connectivity index (χ1n) is 14.9. The number of anilines is 1. The predicted molar refractivity (Wildman–Crippen MR) is 164 cm³/mol. The van der Waals surface area contributed by atoms with Gasteiger partial charge in [-0.1, -0.05) is 40.8 Å². The van der Waals surface area contributed by atoms with Crippen molar-refractivity contribution in [1.82, 2.24) is 15.5 Å². The number of aromatic nitrogens is 2. The molecule has 2 aliphatic heterocycles. The smallest absolute Gasteiger partial charge is 0.266 e. The Morgan fingerprint density at radius 1 is 1.18 bits per heavy atom. The lowest BCUT2D eigenvalue weighted by molar-refractivity contribution is 0.0147. The molecule has 44 heavy (non-hydrogen) atoms. The summed E-state index contributed by atoms with van der Waals surface area (Å²) in [6, 6.07) is 11.3. The highest BCUT2D eigenvalue weighted by atomic mass is 32.2. The Morgan fingerprint density at radius 2 is 1.93 bits per heavy atom. The molecule has 2 unspecified atom stereocenters. The van der Waals surface area contributed by atoms with Crippen LogP contribution in [-0.2, 0) is 21.5 Å². The molecule has 10 nitrogen and oxygen atoms in total. The van der Waals surface area contributed by atoms with E-state index < -0.39 is 27.6 Å². The number of amides is 1. The Kier molecular flexibility index (Phi) is 7.68. The van der Waals surface area contributed by atoms with Crippen molar-refractivity contribution in [2.75, 3.05) is 17.2 Å². The molecule has 232 valence electrons. The van der Waals surface area contributed by atoms with E-state index in [9.17, 15) is 13.2 Å². The second kappa shape index (κ2) is 11.5. The van der Waals surface area contributed by atoms with Gasteiger partial charge >= 0.3 is 0 Å². The molecule has 2 N–H and O–H groups in total. The lowest BCUT2D eigenvalue weighted by Gasteiger charge is -2.38. The monoisotopic (exact) mass is 640 g/mol. The number of hydrogen-bond acceptors (Lipinski definition) is 9. The number of thiazole rings is 1. The highest BCUT2D eigenvalue weighted by molar-refractivity contribution is 7.85. The zero-order valence-corrected chi connectivity index (χ0v) is 25.8. The number of benzene rings is 2. The van der Waals surface area contributed by atoms with Crippen LogP contribution in [0.5, 0.6) is 0 Å². The molecule has 4 heterocycles. The Balaban J connectivity index is 1.05. The Bertz CT molecular complexity index is 1820. The summed E-state index contributed by atoms with van der Waals surface area (Å²) in [6.45, 7) is 2.25. The van der Waals surface area contributed by atoms with Crippen LogP contribution in [0.1, 0.15) is 71.7 Å². The van der Waals surface area contributed by atoms with Crippen molar-refractivity contribution in [2.45, 2.75) is 76.2 Å². The van der Waals surface area contributed by atoms with Gasteiger partial charge in [-0.05, 0) is 63.1 Å². The fourth-order valence-corrected chi connectivity index (χ4v) is 8.09. The van der Waals surface area contributed by atoms with E-state index >= 15 is 4.39 Å². The van der Waals surface area contributed by atoms with Crippen LogP contribution in [0.4, 0.5) is 9.52 Å². The van der Waals surface area contributed by atoms with E-state index in [4.69, 9.17) is 13.8 Å². The van der Waals surface area contributed by atoms with Crippen molar-refractivity contribution in [3.8, 4) is 11.3 Å². The molecule has 7 rings (SSSR count). The van der Waals surface area contributed by atoms with Crippen molar-refractivity contribution >= 4 is 42.7 Å². The summed E-state index contributed by atoms with van der Waals surface area (Å²) in [4.78, 5) is 19.4. The van der Waals surface area contributed by atoms with E-state index in [0.29, 0.717) is 17.2 Å². The maximum atomic E-state index is 15.1. The van der Waals surface area contributed by atoms with Gasteiger partial charge in [0, 0.05) is 41.2 Å². The molecule has 3 fully saturated rings. The first-order valence-corrected chi connectivity index (χ1v) is 17.3. The normalized spacial score (nSPS) is 21.7. The average molecular weight is 641 g/mol. The fraction of sp³-hybridized carbons (Fsp3) is 0.452. The summed E-state index contributed by atoms with van der Waals surface area (Å²) < 4.78 is 58.8.